The number of nitriles is 1. The van der Waals surface area contributed by atoms with Gasteiger partial charge in [-0.15, -0.1) is 0 Å². The van der Waals surface area contributed by atoms with Crippen LogP contribution < -0.4 is 5.32 Å². The molecule has 0 unspecified atom stereocenters. The third-order valence-electron chi connectivity index (χ3n) is 10.6. The van der Waals surface area contributed by atoms with E-state index in [1.54, 1.807) is 0 Å². The summed E-state index contributed by atoms with van der Waals surface area (Å²) in [6, 6.07) is 20.9. The number of hydrogen-bond acceptors (Lipinski definition) is 10. The van der Waals surface area contributed by atoms with Crippen LogP contribution in [0.4, 0.5) is 11.5 Å². The summed E-state index contributed by atoms with van der Waals surface area (Å²) >= 11 is 0. The fraction of sp³-hybridized carbons (Fsp3) is 0.357. The minimum Gasteiger partial charge on any atom is -0.435 e. The van der Waals surface area contributed by atoms with Gasteiger partial charge in [0.05, 0.1) is 16.7 Å². The second-order valence-corrected chi connectivity index (χ2v) is 14.8. The number of oxazole rings is 1. The summed E-state index contributed by atoms with van der Waals surface area (Å²) in [5.74, 6) is 1.83. The predicted octanol–water partition coefficient (Wildman–Crippen LogP) is 7.98. The molecule has 8 rings (SSSR count). The zero-order valence-electron chi connectivity index (χ0n) is 30.3. The molecule has 2 N–H and O–H groups in total. The van der Waals surface area contributed by atoms with E-state index in [1.165, 1.54) is 19.3 Å². The number of aliphatic hydroxyl groups is 1. The Morgan fingerprint density at radius 1 is 0.846 bits per heavy atom. The van der Waals surface area contributed by atoms with Crippen LogP contribution in [-0.4, -0.2) is 66.6 Å². The first-order valence-electron chi connectivity index (χ1n) is 18.2. The van der Waals surface area contributed by atoms with Crippen molar-refractivity contribution in [3.63, 3.8) is 0 Å². The van der Waals surface area contributed by atoms with E-state index in [1.807, 2.05) is 44.3 Å². The highest BCUT2D eigenvalue weighted by molar-refractivity contribution is 5.89. The van der Waals surface area contributed by atoms with E-state index in [0.717, 1.165) is 82.7 Å². The van der Waals surface area contributed by atoms with Gasteiger partial charge in [0.1, 0.15) is 22.9 Å². The quantitative estimate of drug-likeness (QED) is 0.162. The Morgan fingerprint density at radius 3 is 2.35 bits per heavy atom. The molecule has 10 heteroatoms. The molecule has 2 fully saturated rings. The van der Waals surface area contributed by atoms with Crippen molar-refractivity contribution in [1.29, 1.82) is 5.26 Å². The number of likely N-dealkylation sites (tertiary alicyclic amines) is 2. The highest BCUT2D eigenvalue weighted by atomic mass is 16.3. The molecular formula is C42H44N8O2. The number of aromatic nitrogens is 4. The summed E-state index contributed by atoms with van der Waals surface area (Å²) < 4.78 is 6.34. The molecule has 2 saturated heterocycles. The van der Waals surface area contributed by atoms with Gasteiger partial charge in [-0.1, -0.05) is 30.7 Å². The number of benzene rings is 3. The molecule has 3 aromatic carbocycles. The molecule has 0 aliphatic carbocycles. The van der Waals surface area contributed by atoms with Crippen molar-refractivity contribution in [1.82, 2.24) is 29.7 Å². The molecule has 0 saturated carbocycles. The van der Waals surface area contributed by atoms with Crippen molar-refractivity contribution >= 4 is 33.6 Å². The highest BCUT2D eigenvalue weighted by Crippen LogP contribution is 2.38. The average Bonchev–Trinajstić information content (AvgIpc) is 3.71. The third-order valence-corrected chi connectivity index (χ3v) is 10.6. The fourth-order valence-corrected chi connectivity index (χ4v) is 7.89. The van der Waals surface area contributed by atoms with Gasteiger partial charge in [-0.2, -0.15) is 5.26 Å². The Hall–Kier alpha value is -5.21. The minimum atomic E-state index is -0.643. The first kappa shape index (κ1) is 33.9. The number of nitrogens with zero attached hydrogens (tertiary/aromatic N) is 7. The smallest absolute Gasteiger partial charge is 0.227 e. The topological polar surface area (TPSA) is 127 Å². The van der Waals surface area contributed by atoms with Crippen LogP contribution in [0.3, 0.4) is 0 Å². The standard InChI is InChI=1S/C42H44N8O2/c1-26-32(10-8-12-34(26)41-48-37-19-29(18-31(21-43)39(37)52-41)23-49-15-6-5-7-16-49)33-11-9-13-35(27(33)2)47-40-38-36(45-28(3)46-40)20-30(22-44-38)24-50-17-14-42(4,51)25-50/h8-13,18-20,22,51H,5-7,14-17,23-25H2,1-4H3,(H,45,46,47)/t42-/m0/s1. The van der Waals surface area contributed by atoms with Crippen molar-refractivity contribution < 1.29 is 9.52 Å². The number of anilines is 2. The molecule has 0 spiro atoms. The van der Waals surface area contributed by atoms with E-state index in [-0.39, 0.29) is 0 Å². The van der Waals surface area contributed by atoms with Gasteiger partial charge in [0.2, 0.25) is 5.89 Å². The third kappa shape index (κ3) is 6.75. The number of fused-ring (bicyclic) bond motifs is 2. The van der Waals surface area contributed by atoms with E-state index >= 15 is 0 Å². The van der Waals surface area contributed by atoms with Gasteiger partial charge in [-0.05, 0) is 124 Å². The largest absolute Gasteiger partial charge is 0.435 e. The summed E-state index contributed by atoms with van der Waals surface area (Å²) in [4.78, 5) is 23.9. The Bertz CT molecular complexity index is 2350. The second kappa shape index (κ2) is 13.7. The molecule has 0 amide bonds. The lowest BCUT2D eigenvalue weighted by Crippen LogP contribution is -2.29. The maximum absolute atomic E-state index is 10.4. The molecule has 6 aromatic rings. The van der Waals surface area contributed by atoms with E-state index in [0.29, 0.717) is 52.8 Å². The van der Waals surface area contributed by atoms with E-state index < -0.39 is 5.60 Å². The molecule has 0 radical (unpaired) electrons. The summed E-state index contributed by atoms with van der Waals surface area (Å²) in [5.41, 5.74) is 10.8. The number of β-amino-alcohol motifs (C(OH)–C–C–N with tert-alkyl or cyclic N) is 1. The first-order chi connectivity index (χ1) is 25.1. The van der Waals surface area contributed by atoms with Crippen molar-refractivity contribution in [2.45, 2.75) is 72.1 Å². The zero-order valence-corrected chi connectivity index (χ0v) is 30.3. The summed E-state index contributed by atoms with van der Waals surface area (Å²) in [6.45, 7) is 13.2. The molecule has 10 nitrogen and oxygen atoms in total. The van der Waals surface area contributed by atoms with Gasteiger partial charge in [-0.25, -0.2) is 15.0 Å². The Kier molecular flexibility index (Phi) is 8.95. The van der Waals surface area contributed by atoms with Crippen LogP contribution >= 0.6 is 0 Å². The van der Waals surface area contributed by atoms with Crippen molar-refractivity contribution in [2.24, 2.45) is 0 Å². The zero-order chi connectivity index (χ0) is 36.0. The monoisotopic (exact) mass is 692 g/mol. The lowest BCUT2D eigenvalue weighted by Gasteiger charge is -2.26. The lowest BCUT2D eigenvalue weighted by molar-refractivity contribution is 0.0679. The maximum atomic E-state index is 10.4. The van der Waals surface area contributed by atoms with Crippen molar-refractivity contribution in [2.75, 3.05) is 31.5 Å². The number of rotatable bonds is 8. The molecular weight excluding hydrogens is 649 g/mol. The highest BCUT2D eigenvalue weighted by Gasteiger charge is 2.31. The van der Waals surface area contributed by atoms with Crippen LogP contribution in [-0.2, 0) is 13.1 Å². The molecule has 2 aliphatic rings. The van der Waals surface area contributed by atoms with Gasteiger partial charge < -0.3 is 14.8 Å². The number of piperidine rings is 1. The molecule has 2 aliphatic heterocycles. The van der Waals surface area contributed by atoms with Gasteiger partial charge in [0.15, 0.2) is 11.4 Å². The predicted molar refractivity (Wildman–Crippen MR) is 204 cm³/mol. The molecule has 5 heterocycles. The van der Waals surface area contributed by atoms with E-state index in [4.69, 9.17) is 24.4 Å². The number of nitrogens with one attached hydrogen (secondary N) is 1. The molecule has 264 valence electrons. The van der Waals surface area contributed by atoms with Crippen LogP contribution in [0, 0.1) is 32.1 Å². The minimum absolute atomic E-state index is 0.511. The fourth-order valence-electron chi connectivity index (χ4n) is 7.89. The maximum Gasteiger partial charge on any atom is 0.227 e. The Balaban J connectivity index is 1.09. The summed E-state index contributed by atoms with van der Waals surface area (Å²) in [5, 5.41) is 24.0. The molecule has 1 atom stereocenters. The molecule has 52 heavy (non-hydrogen) atoms. The van der Waals surface area contributed by atoms with Crippen LogP contribution in [0.2, 0.25) is 0 Å². The normalized spacial score (nSPS) is 18.3. The van der Waals surface area contributed by atoms with Crippen LogP contribution in [0.1, 0.15) is 66.2 Å². The lowest BCUT2D eigenvalue weighted by atomic mass is 9.93. The SMILES string of the molecule is Cc1nc(Nc2cccc(-c3cccc(-c4nc5cc(CN6CCCCC6)cc(C#N)c5o4)c3C)c2C)c2ncc(CN3CC[C@](C)(O)C3)cc2n1. The number of aryl methyl sites for hydroxylation is 1. The summed E-state index contributed by atoms with van der Waals surface area (Å²) in [6.07, 6.45) is 6.38. The Labute approximate surface area is 304 Å². The van der Waals surface area contributed by atoms with Crippen LogP contribution in [0.25, 0.3) is 44.7 Å². The summed E-state index contributed by atoms with van der Waals surface area (Å²) in [7, 11) is 0. The molecule has 0 bridgehead atoms. The van der Waals surface area contributed by atoms with Gasteiger partial charge in [0, 0.05) is 43.6 Å². The number of pyridine rings is 1. The van der Waals surface area contributed by atoms with Crippen molar-refractivity contribution in [3.05, 3.63) is 94.4 Å². The van der Waals surface area contributed by atoms with Crippen molar-refractivity contribution in [3.8, 4) is 28.7 Å². The van der Waals surface area contributed by atoms with Gasteiger partial charge >= 0.3 is 0 Å². The van der Waals surface area contributed by atoms with Crippen LogP contribution in [0.15, 0.2) is 65.2 Å². The molecule has 3 aromatic heterocycles. The first-order valence-corrected chi connectivity index (χ1v) is 18.2. The van der Waals surface area contributed by atoms with E-state index in [2.05, 4.69) is 65.4 Å². The number of hydrogen-bond donors (Lipinski definition) is 2. The van der Waals surface area contributed by atoms with Gasteiger partial charge in [0.25, 0.3) is 0 Å². The van der Waals surface area contributed by atoms with Crippen LogP contribution in [0.5, 0.6) is 0 Å². The van der Waals surface area contributed by atoms with Gasteiger partial charge in [-0.3, -0.25) is 14.8 Å². The Morgan fingerprint density at radius 2 is 1.58 bits per heavy atom. The second-order valence-electron chi connectivity index (χ2n) is 14.8. The average molecular weight is 693 g/mol. The van der Waals surface area contributed by atoms with E-state index in [9.17, 15) is 10.4 Å².